The number of pyridine rings is 1. The van der Waals surface area contributed by atoms with E-state index >= 15 is 0 Å². The predicted octanol–water partition coefficient (Wildman–Crippen LogP) is 3.53. The van der Waals surface area contributed by atoms with Gasteiger partial charge in [0.25, 0.3) is 0 Å². The van der Waals surface area contributed by atoms with Gasteiger partial charge >= 0.3 is 0 Å². The maximum atomic E-state index is 10.5. The van der Waals surface area contributed by atoms with Crippen LogP contribution in [0.15, 0.2) is 0 Å². The van der Waals surface area contributed by atoms with Crippen molar-refractivity contribution in [2.24, 2.45) is 0 Å². The number of aryl methyl sites for hydroxylation is 2. The van der Waals surface area contributed by atoms with Crippen molar-refractivity contribution in [2.75, 3.05) is 0 Å². The molecule has 0 amide bonds. The summed E-state index contributed by atoms with van der Waals surface area (Å²) < 4.78 is 0. The van der Waals surface area contributed by atoms with Gasteiger partial charge in [0.1, 0.15) is 6.07 Å². The Morgan fingerprint density at radius 3 is 2.42 bits per heavy atom. The molecule has 1 aliphatic rings. The van der Waals surface area contributed by atoms with Crippen LogP contribution in [-0.4, -0.2) is 10.1 Å². The van der Waals surface area contributed by atoms with E-state index in [1.165, 1.54) is 0 Å². The fourth-order valence-corrected chi connectivity index (χ4v) is 2.93. The van der Waals surface area contributed by atoms with Gasteiger partial charge in [-0.1, -0.05) is 13.8 Å². The molecule has 0 aliphatic heterocycles. The lowest BCUT2D eigenvalue weighted by Gasteiger charge is -2.26. The molecule has 0 saturated heterocycles. The summed E-state index contributed by atoms with van der Waals surface area (Å²) in [6.45, 7) is 9.63. The molecule has 2 rings (SSSR count). The van der Waals surface area contributed by atoms with Gasteiger partial charge in [-0.3, -0.25) is 4.98 Å². The lowest BCUT2D eigenvalue weighted by molar-refractivity contribution is 0.0462. The molecule has 0 spiro atoms. The Morgan fingerprint density at radius 2 is 1.84 bits per heavy atom. The van der Waals surface area contributed by atoms with Crippen LogP contribution in [0.2, 0.25) is 0 Å². The van der Waals surface area contributed by atoms with Gasteiger partial charge < -0.3 is 5.11 Å². The normalized spacial score (nSPS) is 21.5. The SMILES string of the molecule is CC.Cc1nc(C)c2c(c1C#N)CCCCC2(C)O. The Balaban J connectivity index is 0.000000861. The van der Waals surface area contributed by atoms with E-state index in [2.05, 4.69) is 11.1 Å². The van der Waals surface area contributed by atoms with Crippen LogP contribution in [0, 0.1) is 25.2 Å². The highest BCUT2D eigenvalue weighted by molar-refractivity contribution is 5.49. The molecule has 0 saturated carbocycles. The number of nitrogens with zero attached hydrogens (tertiary/aromatic N) is 2. The van der Waals surface area contributed by atoms with Gasteiger partial charge in [-0.2, -0.15) is 5.26 Å². The highest BCUT2D eigenvalue weighted by Gasteiger charge is 2.32. The minimum absolute atomic E-state index is 0.660. The van der Waals surface area contributed by atoms with Gasteiger partial charge in [0.15, 0.2) is 0 Å². The van der Waals surface area contributed by atoms with Crippen molar-refractivity contribution in [2.45, 2.75) is 65.9 Å². The first kappa shape index (κ1) is 15.7. The Bertz CT molecular complexity index is 498. The molecular weight excluding hydrogens is 236 g/mol. The summed E-state index contributed by atoms with van der Waals surface area (Å²) in [5, 5.41) is 19.8. The molecule has 1 N–H and O–H groups in total. The van der Waals surface area contributed by atoms with Crippen LogP contribution in [-0.2, 0) is 12.0 Å². The van der Waals surface area contributed by atoms with Crippen molar-refractivity contribution in [1.82, 2.24) is 4.98 Å². The molecule has 104 valence electrons. The highest BCUT2D eigenvalue weighted by Crippen LogP contribution is 2.37. The zero-order valence-electron chi connectivity index (χ0n) is 12.7. The molecule has 0 radical (unpaired) electrons. The Kier molecular flexibility index (Phi) is 5.08. The summed E-state index contributed by atoms with van der Waals surface area (Å²) in [5.41, 5.74) is 3.36. The standard InChI is InChI=1S/C14H18N2O.C2H6/c1-9-12(8-15)11-6-4-5-7-14(3,17)13(11)10(2)16-9;1-2/h17H,4-7H2,1-3H3;1-2H3. The summed E-state index contributed by atoms with van der Waals surface area (Å²) in [4.78, 5) is 4.41. The molecule has 1 aliphatic carbocycles. The molecule has 3 heteroatoms. The zero-order valence-corrected chi connectivity index (χ0v) is 12.7. The van der Waals surface area contributed by atoms with Gasteiger partial charge in [0.05, 0.1) is 16.9 Å². The van der Waals surface area contributed by atoms with Gasteiger partial charge in [-0.05, 0) is 52.0 Å². The van der Waals surface area contributed by atoms with Crippen molar-refractivity contribution < 1.29 is 5.11 Å². The van der Waals surface area contributed by atoms with E-state index in [1.807, 2.05) is 34.6 Å². The minimum atomic E-state index is -0.845. The van der Waals surface area contributed by atoms with Gasteiger partial charge in [-0.25, -0.2) is 0 Å². The molecule has 0 bridgehead atoms. The van der Waals surface area contributed by atoms with Crippen LogP contribution in [0.25, 0.3) is 0 Å². The second-order valence-electron chi connectivity index (χ2n) is 5.10. The lowest BCUT2D eigenvalue weighted by Crippen LogP contribution is -2.24. The molecule has 3 nitrogen and oxygen atoms in total. The fraction of sp³-hybridized carbons (Fsp3) is 0.625. The summed E-state index contributed by atoms with van der Waals surface area (Å²) in [7, 11) is 0. The van der Waals surface area contributed by atoms with Gasteiger partial charge in [-0.15, -0.1) is 0 Å². The van der Waals surface area contributed by atoms with Crippen molar-refractivity contribution in [1.29, 1.82) is 5.26 Å². The first-order chi connectivity index (χ1) is 8.97. The van der Waals surface area contributed by atoms with E-state index < -0.39 is 5.60 Å². The highest BCUT2D eigenvalue weighted by atomic mass is 16.3. The summed E-state index contributed by atoms with van der Waals surface area (Å²) in [6, 6.07) is 2.24. The molecule has 0 aromatic carbocycles. The van der Waals surface area contributed by atoms with Crippen molar-refractivity contribution in [3.8, 4) is 6.07 Å². The first-order valence-corrected chi connectivity index (χ1v) is 7.10. The van der Waals surface area contributed by atoms with Crippen LogP contribution < -0.4 is 0 Å². The largest absolute Gasteiger partial charge is 0.385 e. The van der Waals surface area contributed by atoms with Crippen LogP contribution >= 0.6 is 0 Å². The molecule has 1 aromatic rings. The average molecular weight is 260 g/mol. The molecule has 1 aromatic heterocycles. The lowest BCUT2D eigenvalue weighted by atomic mass is 9.86. The third-order valence-electron chi connectivity index (χ3n) is 3.65. The zero-order chi connectivity index (χ0) is 14.6. The van der Waals surface area contributed by atoms with Crippen LogP contribution in [0.1, 0.15) is 68.1 Å². The number of aromatic nitrogens is 1. The topological polar surface area (TPSA) is 56.9 Å². The molecule has 19 heavy (non-hydrogen) atoms. The third kappa shape index (κ3) is 2.96. The van der Waals surface area contributed by atoms with E-state index in [-0.39, 0.29) is 0 Å². The maximum Gasteiger partial charge on any atom is 0.101 e. The fourth-order valence-electron chi connectivity index (χ4n) is 2.93. The number of rotatable bonds is 0. The van der Waals surface area contributed by atoms with E-state index in [9.17, 15) is 10.4 Å². The monoisotopic (exact) mass is 260 g/mol. The molecule has 1 atom stereocenters. The second kappa shape index (κ2) is 6.16. The van der Waals surface area contributed by atoms with E-state index in [4.69, 9.17) is 0 Å². The smallest absolute Gasteiger partial charge is 0.101 e. The molecular formula is C16H24N2O. The van der Waals surface area contributed by atoms with Gasteiger partial charge in [0, 0.05) is 11.3 Å². The number of hydrogen-bond donors (Lipinski definition) is 1. The quantitative estimate of drug-likeness (QED) is 0.726. The van der Waals surface area contributed by atoms with Gasteiger partial charge in [0.2, 0.25) is 0 Å². The van der Waals surface area contributed by atoms with Crippen LogP contribution in [0.5, 0.6) is 0 Å². The average Bonchev–Trinajstić information content (AvgIpc) is 2.51. The number of fused-ring (bicyclic) bond motifs is 1. The van der Waals surface area contributed by atoms with Crippen LogP contribution in [0.4, 0.5) is 0 Å². The van der Waals surface area contributed by atoms with E-state index in [1.54, 1.807) is 0 Å². The number of nitriles is 1. The van der Waals surface area contributed by atoms with Crippen molar-refractivity contribution in [3.05, 3.63) is 28.1 Å². The Labute approximate surface area is 116 Å². The number of aliphatic hydroxyl groups is 1. The van der Waals surface area contributed by atoms with Crippen molar-refractivity contribution in [3.63, 3.8) is 0 Å². The van der Waals surface area contributed by atoms with Crippen LogP contribution in [0.3, 0.4) is 0 Å². The molecule has 1 heterocycles. The number of hydrogen-bond acceptors (Lipinski definition) is 3. The Morgan fingerprint density at radius 1 is 1.21 bits per heavy atom. The minimum Gasteiger partial charge on any atom is -0.385 e. The summed E-state index contributed by atoms with van der Waals surface area (Å²) in [5.74, 6) is 0. The predicted molar refractivity (Wildman–Crippen MR) is 76.9 cm³/mol. The van der Waals surface area contributed by atoms with E-state index in [0.717, 1.165) is 48.2 Å². The maximum absolute atomic E-state index is 10.5. The summed E-state index contributed by atoms with van der Waals surface area (Å²) in [6.07, 6.45) is 3.64. The summed E-state index contributed by atoms with van der Waals surface area (Å²) >= 11 is 0. The van der Waals surface area contributed by atoms with Crippen molar-refractivity contribution >= 4 is 0 Å². The third-order valence-corrected chi connectivity index (χ3v) is 3.65. The van der Waals surface area contributed by atoms with E-state index in [0.29, 0.717) is 5.56 Å². The molecule has 1 unspecified atom stereocenters. The molecule has 0 fully saturated rings. The first-order valence-electron chi connectivity index (χ1n) is 7.10. The Hall–Kier alpha value is -1.40. The second-order valence-corrected chi connectivity index (χ2v) is 5.10.